The number of nitrogens with one attached hydrogen (secondary N) is 1. The van der Waals surface area contributed by atoms with Crippen LogP contribution in [0.4, 0.5) is 16.2 Å². The van der Waals surface area contributed by atoms with Crippen molar-refractivity contribution < 1.29 is 28.2 Å². The summed E-state index contributed by atoms with van der Waals surface area (Å²) in [6, 6.07) is 10.9. The molecule has 1 aliphatic heterocycles. The van der Waals surface area contributed by atoms with Crippen molar-refractivity contribution in [3.8, 4) is 11.1 Å². The summed E-state index contributed by atoms with van der Waals surface area (Å²) in [6.45, 7) is 2.92. The first-order valence-corrected chi connectivity index (χ1v) is 10.8. The fourth-order valence-electron chi connectivity index (χ4n) is 3.57. The van der Waals surface area contributed by atoms with Gasteiger partial charge in [-0.05, 0) is 42.3 Å². The van der Waals surface area contributed by atoms with Crippen LogP contribution in [-0.2, 0) is 14.8 Å². The van der Waals surface area contributed by atoms with Crippen LogP contribution in [0.15, 0.2) is 47.4 Å². The molecular weight excluding hydrogens is 410 g/mol. The fraction of sp³-hybridized carbons (Fsp3) is 0.300. The van der Waals surface area contributed by atoms with E-state index in [0.29, 0.717) is 22.5 Å². The van der Waals surface area contributed by atoms with Gasteiger partial charge in [0.1, 0.15) is 0 Å². The third kappa shape index (κ3) is 4.16. The second kappa shape index (κ2) is 8.42. The normalized spacial score (nSPS) is 16.3. The van der Waals surface area contributed by atoms with Gasteiger partial charge in [0.05, 0.1) is 28.9 Å². The number of anilines is 2. The minimum Gasteiger partial charge on any atom is -0.465 e. The van der Waals surface area contributed by atoms with E-state index in [2.05, 4.69) is 4.72 Å². The number of carboxylic acid groups (broad SMARTS) is 1. The molecule has 3 rings (SSSR count). The molecule has 1 aliphatic rings. The Morgan fingerprint density at radius 1 is 1.13 bits per heavy atom. The first kappa shape index (κ1) is 21.8. The molecule has 0 spiro atoms. The molecule has 30 heavy (non-hydrogen) atoms. The molecule has 9 nitrogen and oxygen atoms in total. The van der Waals surface area contributed by atoms with Crippen molar-refractivity contribution in [3.63, 3.8) is 0 Å². The molecule has 0 fully saturated rings. The zero-order valence-corrected chi connectivity index (χ0v) is 17.4. The highest BCUT2D eigenvalue weighted by Crippen LogP contribution is 2.39. The van der Waals surface area contributed by atoms with E-state index in [1.807, 2.05) is 0 Å². The summed E-state index contributed by atoms with van der Waals surface area (Å²) >= 11 is 0. The maximum absolute atomic E-state index is 12.4. The lowest BCUT2D eigenvalue weighted by molar-refractivity contribution is -0.117. The van der Waals surface area contributed by atoms with Crippen LogP contribution in [0.1, 0.15) is 13.8 Å². The summed E-state index contributed by atoms with van der Waals surface area (Å²) < 4.78 is 27.0. The van der Waals surface area contributed by atoms with Gasteiger partial charge in [0.2, 0.25) is 15.9 Å². The number of amides is 2. The Kier molecular flexibility index (Phi) is 6.11. The highest BCUT2D eigenvalue weighted by atomic mass is 32.2. The van der Waals surface area contributed by atoms with Crippen LogP contribution in [0.3, 0.4) is 0 Å². The predicted octanol–water partition coefficient (Wildman–Crippen LogP) is 1.86. The Bertz CT molecular complexity index is 1090. The Morgan fingerprint density at radius 3 is 2.47 bits per heavy atom. The van der Waals surface area contributed by atoms with Crippen LogP contribution in [0.25, 0.3) is 11.1 Å². The van der Waals surface area contributed by atoms with Gasteiger partial charge in [0, 0.05) is 20.0 Å². The van der Waals surface area contributed by atoms with Gasteiger partial charge < -0.3 is 15.1 Å². The molecule has 10 heteroatoms. The third-order valence-corrected chi connectivity index (χ3v) is 6.32. The molecule has 0 saturated carbocycles. The first-order chi connectivity index (χ1) is 14.2. The van der Waals surface area contributed by atoms with Gasteiger partial charge in [-0.25, -0.2) is 17.9 Å². The molecular formula is C20H23N3O6S. The maximum atomic E-state index is 12.4. The van der Waals surface area contributed by atoms with E-state index >= 15 is 0 Å². The second-order valence-electron chi connectivity index (χ2n) is 6.98. The van der Waals surface area contributed by atoms with Gasteiger partial charge in [0.25, 0.3) is 0 Å². The van der Waals surface area contributed by atoms with Crippen LogP contribution in [0.5, 0.6) is 0 Å². The zero-order chi connectivity index (χ0) is 22.1. The van der Waals surface area contributed by atoms with Gasteiger partial charge >= 0.3 is 6.09 Å². The van der Waals surface area contributed by atoms with Crippen molar-refractivity contribution in [2.75, 3.05) is 29.5 Å². The van der Waals surface area contributed by atoms with Crippen molar-refractivity contribution in [2.24, 2.45) is 0 Å². The Labute approximate surface area is 174 Å². The standard InChI is InChI=1S/C20H23N3O6S/c1-13-12-22(20(26)27)19-11-16(6-7-18(19)23(13)14(2)25)15-4-3-5-17(10-15)30(28,29)21-8-9-24/h3-7,10-11,13,21,24H,8-9,12H2,1-2H3,(H,26,27)/t13-/m0/s1. The molecule has 3 N–H and O–H groups in total. The fourth-order valence-corrected chi connectivity index (χ4v) is 4.64. The van der Waals surface area contributed by atoms with Crippen LogP contribution in [-0.4, -0.2) is 56.4 Å². The number of hydrogen-bond donors (Lipinski definition) is 3. The van der Waals surface area contributed by atoms with Gasteiger partial charge in [-0.1, -0.05) is 18.2 Å². The molecule has 0 radical (unpaired) electrons. The minimum atomic E-state index is -3.79. The number of nitrogens with zero attached hydrogens (tertiary/aromatic N) is 2. The van der Waals surface area contributed by atoms with E-state index in [-0.39, 0.29) is 36.5 Å². The molecule has 1 atom stereocenters. The minimum absolute atomic E-state index is 0.0280. The number of hydrogen-bond acceptors (Lipinski definition) is 5. The van der Waals surface area contributed by atoms with Gasteiger partial charge in [0.15, 0.2) is 0 Å². The summed E-state index contributed by atoms with van der Waals surface area (Å²) in [5, 5.41) is 18.5. The molecule has 1 heterocycles. The molecule has 0 bridgehead atoms. The van der Waals surface area contributed by atoms with Crippen LogP contribution < -0.4 is 14.5 Å². The van der Waals surface area contributed by atoms with E-state index in [9.17, 15) is 23.1 Å². The van der Waals surface area contributed by atoms with Crippen LogP contribution in [0, 0.1) is 0 Å². The topological polar surface area (TPSA) is 127 Å². The lowest BCUT2D eigenvalue weighted by atomic mass is 10.0. The van der Waals surface area contributed by atoms with Crippen molar-refractivity contribution in [1.29, 1.82) is 0 Å². The van der Waals surface area contributed by atoms with Gasteiger partial charge in [-0.2, -0.15) is 0 Å². The SMILES string of the molecule is CC(=O)N1c2ccc(-c3cccc(S(=O)(=O)NCCO)c3)cc2N(C(=O)O)C[C@@H]1C. The number of sulfonamides is 1. The largest absolute Gasteiger partial charge is 0.465 e. The molecule has 2 aromatic carbocycles. The number of aliphatic hydroxyl groups excluding tert-OH is 1. The Balaban J connectivity index is 2.08. The smallest absolute Gasteiger partial charge is 0.411 e. The van der Waals surface area contributed by atoms with Gasteiger partial charge in [-0.15, -0.1) is 0 Å². The van der Waals surface area contributed by atoms with Crippen LogP contribution in [0.2, 0.25) is 0 Å². The first-order valence-electron chi connectivity index (χ1n) is 9.31. The average molecular weight is 433 g/mol. The molecule has 160 valence electrons. The predicted molar refractivity (Wildman–Crippen MR) is 112 cm³/mol. The molecule has 0 unspecified atom stereocenters. The Hall–Kier alpha value is -2.95. The number of carbonyl (C=O) groups excluding carboxylic acids is 1. The summed E-state index contributed by atoms with van der Waals surface area (Å²) in [4.78, 5) is 26.7. The molecule has 0 saturated heterocycles. The quantitative estimate of drug-likeness (QED) is 0.661. The van der Waals surface area contributed by atoms with E-state index in [0.717, 1.165) is 0 Å². The number of rotatable bonds is 5. The average Bonchev–Trinajstić information content (AvgIpc) is 2.71. The summed E-state index contributed by atoms with van der Waals surface area (Å²) in [5.41, 5.74) is 2.03. The summed E-state index contributed by atoms with van der Waals surface area (Å²) in [6.07, 6.45) is -1.13. The van der Waals surface area contributed by atoms with E-state index in [1.165, 1.54) is 24.0 Å². The number of benzene rings is 2. The second-order valence-corrected chi connectivity index (χ2v) is 8.75. The Morgan fingerprint density at radius 2 is 1.83 bits per heavy atom. The van der Waals surface area contributed by atoms with Crippen molar-refractivity contribution in [2.45, 2.75) is 24.8 Å². The molecule has 0 aliphatic carbocycles. The van der Waals surface area contributed by atoms with Crippen molar-refractivity contribution >= 4 is 33.4 Å². The lowest BCUT2D eigenvalue weighted by Gasteiger charge is -2.39. The maximum Gasteiger partial charge on any atom is 0.411 e. The van der Waals surface area contributed by atoms with Crippen molar-refractivity contribution in [3.05, 3.63) is 42.5 Å². The molecule has 2 amide bonds. The monoisotopic (exact) mass is 433 g/mol. The van der Waals surface area contributed by atoms with Crippen molar-refractivity contribution in [1.82, 2.24) is 4.72 Å². The number of carbonyl (C=O) groups is 2. The number of aliphatic hydroxyl groups is 1. The molecule has 2 aromatic rings. The lowest BCUT2D eigenvalue weighted by Crippen LogP contribution is -2.51. The number of fused-ring (bicyclic) bond motifs is 1. The van der Waals surface area contributed by atoms with E-state index in [4.69, 9.17) is 5.11 Å². The van der Waals surface area contributed by atoms with E-state index < -0.39 is 16.1 Å². The van der Waals surface area contributed by atoms with Gasteiger partial charge in [-0.3, -0.25) is 9.69 Å². The highest BCUT2D eigenvalue weighted by molar-refractivity contribution is 7.89. The molecule has 0 aromatic heterocycles. The highest BCUT2D eigenvalue weighted by Gasteiger charge is 2.33. The van der Waals surface area contributed by atoms with E-state index in [1.54, 1.807) is 42.2 Å². The summed E-state index contributed by atoms with van der Waals surface area (Å²) in [7, 11) is -3.79. The zero-order valence-electron chi connectivity index (χ0n) is 16.6. The van der Waals surface area contributed by atoms with Crippen LogP contribution >= 0.6 is 0 Å². The third-order valence-electron chi connectivity index (χ3n) is 4.87. The summed E-state index contributed by atoms with van der Waals surface area (Å²) in [5.74, 6) is -0.190.